The van der Waals surface area contributed by atoms with E-state index in [1.807, 2.05) is 24.3 Å². The molecule has 0 bridgehead atoms. The Morgan fingerprint density at radius 2 is 1.39 bits per heavy atom. The Bertz CT molecular complexity index is 693. The summed E-state index contributed by atoms with van der Waals surface area (Å²) in [5.41, 5.74) is 6.73. The molecule has 3 nitrogen and oxygen atoms in total. The SMILES string of the molecule is Cc1ccc(-n2nc3ccccc3n2)c(C)c1C. The molecule has 0 unspecified atom stereocenters. The van der Waals surface area contributed by atoms with E-state index in [1.54, 1.807) is 4.80 Å². The fourth-order valence-corrected chi connectivity index (χ4v) is 2.13. The largest absolute Gasteiger partial charge is 0.150 e. The maximum Gasteiger partial charge on any atom is 0.113 e. The number of fused-ring (bicyclic) bond motifs is 1. The molecule has 0 saturated heterocycles. The quantitative estimate of drug-likeness (QED) is 0.650. The van der Waals surface area contributed by atoms with Crippen LogP contribution in [-0.2, 0) is 0 Å². The lowest BCUT2D eigenvalue weighted by atomic mass is 10.0. The summed E-state index contributed by atoms with van der Waals surface area (Å²) in [6.45, 7) is 6.38. The van der Waals surface area contributed by atoms with Gasteiger partial charge in [-0.25, -0.2) is 0 Å². The molecule has 90 valence electrons. The molecule has 2 aromatic carbocycles. The second-order valence-electron chi connectivity index (χ2n) is 4.63. The number of aryl methyl sites for hydroxylation is 1. The number of hydrogen-bond acceptors (Lipinski definition) is 2. The first kappa shape index (κ1) is 11.0. The predicted molar refractivity (Wildman–Crippen MR) is 73.1 cm³/mol. The van der Waals surface area contributed by atoms with Crippen LogP contribution >= 0.6 is 0 Å². The van der Waals surface area contributed by atoms with Crippen LogP contribution in [0.2, 0.25) is 0 Å². The second-order valence-corrected chi connectivity index (χ2v) is 4.63. The van der Waals surface area contributed by atoms with Gasteiger partial charge in [-0.2, -0.15) is 4.80 Å². The molecule has 0 saturated carbocycles. The average Bonchev–Trinajstić information content (AvgIpc) is 2.79. The minimum absolute atomic E-state index is 0.926. The van der Waals surface area contributed by atoms with E-state index in [2.05, 4.69) is 43.1 Å². The molecule has 0 amide bonds. The molecule has 3 rings (SSSR count). The summed E-state index contributed by atoms with van der Waals surface area (Å²) in [4.78, 5) is 1.73. The lowest BCUT2D eigenvalue weighted by molar-refractivity contribution is 0.759. The Labute approximate surface area is 106 Å². The Hall–Kier alpha value is -2.16. The standard InChI is InChI=1S/C15H15N3/c1-10-8-9-15(12(3)11(10)2)18-16-13-6-4-5-7-14(13)17-18/h4-9H,1-3H3. The van der Waals surface area contributed by atoms with Gasteiger partial charge in [0, 0.05) is 0 Å². The summed E-state index contributed by atoms with van der Waals surface area (Å²) in [5, 5.41) is 9.04. The number of benzene rings is 2. The monoisotopic (exact) mass is 237 g/mol. The van der Waals surface area contributed by atoms with Crippen LogP contribution in [0.3, 0.4) is 0 Å². The molecule has 0 atom stereocenters. The fraction of sp³-hybridized carbons (Fsp3) is 0.200. The molecule has 0 aliphatic carbocycles. The van der Waals surface area contributed by atoms with E-state index in [9.17, 15) is 0 Å². The maximum absolute atomic E-state index is 4.52. The number of nitrogens with zero attached hydrogens (tertiary/aromatic N) is 3. The average molecular weight is 237 g/mol. The molecular formula is C15H15N3. The topological polar surface area (TPSA) is 30.7 Å². The summed E-state index contributed by atoms with van der Waals surface area (Å²) in [7, 11) is 0. The van der Waals surface area contributed by atoms with Crippen molar-refractivity contribution in [1.82, 2.24) is 15.0 Å². The third kappa shape index (κ3) is 1.59. The molecule has 0 radical (unpaired) electrons. The lowest BCUT2D eigenvalue weighted by Crippen LogP contribution is -2.03. The van der Waals surface area contributed by atoms with Crippen molar-refractivity contribution in [2.75, 3.05) is 0 Å². The molecule has 0 aliphatic rings. The molecule has 18 heavy (non-hydrogen) atoms. The molecule has 1 heterocycles. The second kappa shape index (κ2) is 3.95. The van der Waals surface area contributed by atoms with E-state index >= 15 is 0 Å². The molecule has 0 fully saturated rings. The van der Waals surface area contributed by atoms with Crippen molar-refractivity contribution in [2.45, 2.75) is 20.8 Å². The van der Waals surface area contributed by atoms with Gasteiger partial charge in [0.1, 0.15) is 11.0 Å². The van der Waals surface area contributed by atoms with E-state index in [0.29, 0.717) is 0 Å². The zero-order valence-electron chi connectivity index (χ0n) is 10.8. The highest BCUT2D eigenvalue weighted by atomic mass is 15.5. The van der Waals surface area contributed by atoms with Crippen LogP contribution in [0.5, 0.6) is 0 Å². The highest BCUT2D eigenvalue weighted by molar-refractivity contribution is 5.73. The first-order valence-corrected chi connectivity index (χ1v) is 6.06. The first-order valence-electron chi connectivity index (χ1n) is 6.06. The van der Waals surface area contributed by atoms with Crippen molar-refractivity contribution in [3.63, 3.8) is 0 Å². The number of aromatic nitrogens is 3. The van der Waals surface area contributed by atoms with Crippen molar-refractivity contribution in [3.05, 3.63) is 53.1 Å². The van der Waals surface area contributed by atoms with Crippen LogP contribution in [0.25, 0.3) is 16.7 Å². The first-order chi connectivity index (χ1) is 8.66. The number of rotatable bonds is 1. The fourth-order valence-electron chi connectivity index (χ4n) is 2.13. The summed E-state index contributed by atoms with van der Waals surface area (Å²) < 4.78 is 0. The van der Waals surface area contributed by atoms with Crippen LogP contribution in [0.4, 0.5) is 0 Å². The van der Waals surface area contributed by atoms with Gasteiger partial charge in [0.2, 0.25) is 0 Å². The van der Waals surface area contributed by atoms with Crippen LogP contribution < -0.4 is 0 Å². The normalized spacial score (nSPS) is 11.1. The minimum Gasteiger partial charge on any atom is -0.150 e. The lowest BCUT2D eigenvalue weighted by Gasteiger charge is -2.09. The molecule has 0 spiro atoms. The maximum atomic E-state index is 4.52. The van der Waals surface area contributed by atoms with Crippen LogP contribution in [-0.4, -0.2) is 15.0 Å². The Morgan fingerprint density at radius 3 is 2.00 bits per heavy atom. The zero-order valence-corrected chi connectivity index (χ0v) is 10.8. The van der Waals surface area contributed by atoms with Gasteiger partial charge in [0.05, 0.1) is 5.69 Å². The summed E-state index contributed by atoms with van der Waals surface area (Å²) in [5.74, 6) is 0. The van der Waals surface area contributed by atoms with E-state index in [0.717, 1.165) is 16.7 Å². The highest BCUT2D eigenvalue weighted by Gasteiger charge is 2.09. The van der Waals surface area contributed by atoms with E-state index < -0.39 is 0 Å². The summed E-state index contributed by atoms with van der Waals surface area (Å²) in [6.07, 6.45) is 0. The number of hydrogen-bond donors (Lipinski definition) is 0. The van der Waals surface area contributed by atoms with Crippen LogP contribution in [0.15, 0.2) is 36.4 Å². The predicted octanol–water partition coefficient (Wildman–Crippen LogP) is 3.35. The van der Waals surface area contributed by atoms with Crippen molar-refractivity contribution >= 4 is 11.0 Å². The van der Waals surface area contributed by atoms with Crippen molar-refractivity contribution in [1.29, 1.82) is 0 Å². The van der Waals surface area contributed by atoms with E-state index in [4.69, 9.17) is 0 Å². The zero-order chi connectivity index (χ0) is 12.7. The van der Waals surface area contributed by atoms with Gasteiger partial charge in [-0.05, 0) is 55.7 Å². The van der Waals surface area contributed by atoms with Gasteiger partial charge in [-0.3, -0.25) is 0 Å². The van der Waals surface area contributed by atoms with Gasteiger partial charge < -0.3 is 0 Å². The minimum atomic E-state index is 0.926. The molecular weight excluding hydrogens is 222 g/mol. The van der Waals surface area contributed by atoms with Crippen LogP contribution in [0, 0.1) is 20.8 Å². The van der Waals surface area contributed by atoms with Gasteiger partial charge >= 0.3 is 0 Å². The summed E-state index contributed by atoms with van der Waals surface area (Å²) in [6, 6.07) is 12.1. The summed E-state index contributed by atoms with van der Waals surface area (Å²) >= 11 is 0. The van der Waals surface area contributed by atoms with Gasteiger partial charge in [0.15, 0.2) is 0 Å². The Balaban J connectivity index is 2.23. The van der Waals surface area contributed by atoms with Gasteiger partial charge in [-0.1, -0.05) is 18.2 Å². The molecule has 3 aromatic rings. The van der Waals surface area contributed by atoms with Gasteiger partial charge in [-0.15, -0.1) is 10.2 Å². The molecule has 1 aromatic heterocycles. The van der Waals surface area contributed by atoms with Gasteiger partial charge in [0.25, 0.3) is 0 Å². The highest BCUT2D eigenvalue weighted by Crippen LogP contribution is 2.20. The molecule has 0 N–H and O–H groups in total. The van der Waals surface area contributed by atoms with Crippen molar-refractivity contribution in [2.24, 2.45) is 0 Å². The van der Waals surface area contributed by atoms with E-state index in [-0.39, 0.29) is 0 Å². The molecule has 0 aliphatic heterocycles. The Kier molecular flexibility index (Phi) is 2.40. The van der Waals surface area contributed by atoms with Crippen LogP contribution in [0.1, 0.15) is 16.7 Å². The third-order valence-electron chi connectivity index (χ3n) is 3.53. The third-order valence-corrected chi connectivity index (χ3v) is 3.53. The van der Waals surface area contributed by atoms with Crippen molar-refractivity contribution < 1.29 is 0 Å². The smallest absolute Gasteiger partial charge is 0.113 e. The van der Waals surface area contributed by atoms with Crippen molar-refractivity contribution in [3.8, 4) is 5.69 Å². The molecule has 3 heteroatoms. The van der Waals surface area contributed by atoms with E-state index in [1.165, 1.54) is 16.7 Å². The Morgan fingerprint density at radius 1 is 0.778 bits per heavy atom.